The van der Waals surface area contributed by atoms with Crippen LogP contribution in [0.5, 0.6) is 0 Å². The van der Waals surface area contributed by atoms with Crippen LogP contribution in [-0.2, 0) is 6.54 Å². The highest BCUT2D eigenvalue weighted by Gasteiger charge is 2.23. The minimum absolute atomic E-state index is 0.117. The molecule has 2 rings (SSSR count). The maximum absolute atomic E-state index is 11.5. The Labute approximate surface area is 79.3 Å². The van der Waals surface area contributed by atoms with E-state index in [9.17, 15) is 4.79 Å². The molecular formula is C9H8BrNO. The lowest BCUT2D eigenvalue weighted by Crippen LogP contribution is -2.17. The van der Waals surface area contributed by atoms with Gasteiger partial charge in [0.1, 0.15) is 0 Å². The number of halogens is 1. The molecule has 3 heteroatoms. The molecule has 1 aliphatic heterocycles. The highest BCUT2D eigenvalue weighted by molar-refractivity contribution is 9.10. The predicted molar refractivity (Wildman–Crippen MR) is 49.9 cm³/mol. The van der Waals surface area contributed by atoms with E-state index in [4.69, 9.17) is 0 Å². The van der Waals surface area contributed by atoms with Gasteiger partial charge in [-0.05, 0) is 17.7 Å². The van der Waals surface area contributed by atoms with Gasteiger partial charge in [-0.1, -0.05) is 22.0 Å². The summed E-state index contributed by atoms with van der Waals surface area (Å²) in [6, 6.07) is 5.83. The Balaban J connectivity index is 2.56. The summed E-state index contributed by atoms with van der Waals surface area (Å²) in [6.45, 7) is 0.738. The standard InChI is InChI=1S/C9H8BrNO/c1-11-5-6-2-3-7(10)4-8(6)9(11)12/h2-4H,5H2,1H3. The molecule has 0 aromatic heterocycles. The molecule has 12 heavy (non-hydrogen) atoms. The van der Waals surface area contributed by atoms with Crippen LogP contribution < -0.4 is 0 Å². The van der Waals surface area contributed by atoms with Gasteiger partial charge in [0, 0.05) is 23.6 Å². The topological polar surface area (TPSA) is 20.3 Å². The Bertz CT molecular complexity index is 348. The first-order chi connectivity index (χ1) is 5.68. The third kappa shape index (κ3) is 1.05. The first-order valence-electron chi connectivity index (χ1n) is 3.72. The molecule has 0 saturated heterocycles. The number of amides is 1. The zero-order valence-electron chi connectivity index (χ0n) is 6.67. The second kappa shape index (κ2) is 2.59. The number of rotatable bonds is 0. The Morgan fingerprint density at radius 2 is 2.25 bits per heavy atom. The molecule has 1 aromatic rings. The number of benzene rings is 1. The number of nitrogens with zero attached hydrogens (tertiary/aromatic N) is 1. The van der Waals surface area contributed by atoms with Crippen LogP contribution in [0, 0.1) is 0 Å². The molecule has 0 saturated carbocycles. The van der Waals surface area contributed by atoms with Crippen molar-refractivity contribution < 1.29 is 4.79 Å². The highest BCUT2D eigenvalue weighted by Crippen LogP contribution is 2.24. The zero-order chi connectivity index (χ0) is 8.72. The van der Waals surface area contributed by atoms with E-state index in [2.05, 4.69) is 15.9 Å². The van der Waals surface area contributed by atoms with Crippen LogP contribution in [0.4, 0.5) is 0 Å². The fourth-order valence-electron chi connectivity index (χ4n) is 1.42. The van der Waals surface area contributed by atoms with Gasteiger partial charge in [-0.25, -0.2) is 0 Å². The third-order valence-electron chi connectivity index (χ3n) is 2.06. The molecular weight excluding hydrogens is 218 g/mol. The normalized spacial score (nSPS) is 15.2. The molecule has 1 amide bonds. The van der Waals surface area contributed by atoms with Crippen LogP contribution in [0.1, 0.15) is 15.9 Å². The molecule has 0 N–H and O–H groups in total. The first-order valence-corrected chi connectivity index (χ1v) is 4.51. The molecule has 0 unspecified atom stereocenters. The number of carbonyl (C=O) groups is 1. The van der Waals surface area contributed by atoms with Crippen molar-refractivity contribution in [3.8, 4) is 0 Å². The summed E-state index contributed by atoms with van der Waals surface area (Å²) in [4.78, 5) is 13.2. The molecule has 62 valence electrons. The lowest BCUT2D eigenvalue weighted by Gasteiger charge is -2.04. The van der Waals surface area contributed by atoms with Crippen molar-refractivity contribution in [2.45, 2.75) is 6.54 Å². The van der Waals surface area contributed by atoms with Crippen LogP contribution in [0.15, 0.2) is 22.7 Å². The van der Waals surface area contributed by atoms with Gasteiger partial charge in [0.25, 0.3) is 5.91 Å². The van der Waals surface area contributed by atoms with E-state index in [1.807, 2.05) is 25.2 Å². The van der Waals surface area contributed by atoms with E-state index < -0.39 is 0 Å². The first kappa shape index (κ1) is 7.80. The van der Waals surface area contributed by atoms with Crippen LogP contribution in [-0.4, -0.2) is 17.9 Å². The summed E-state index contributed by atoms with van der Waals surface area (Å²) in [7, 11) is 1.82. The minimum Gasteiger partial charge on any atom is -0.337 e. The molecule has 0 aliphatic carbocycles. The monoisotopic (exact) mass is 225 g/mol. The fraction of sp³-hybridized carbons (Fsp3) is 0.222. The molecule has 0 bridgehead atoms. The number of fused-ring (bicyclic) bond motifs is 1. The van der Waals surface area contributed by atoms with Gasteiger partial charge in [0.2, 0.25) is 0 Å². The van der Waals surface area contributed by atoms with E-state index in [0.29, 0.717) is 0 Å². The molecule has 0 spiro atoms. The Morgan fingerprint density at radius 1 is 1.50 bits per heavy atom. The van der Waals surface area contributed by atoms with Crippen molar-refractivity contribution in [1.82, 2.24) is 4.90 Å². The Kier molecular flexibility index (Phi) is 1.68. The van der Waals surface area contributed by atoms with E-state index in [1.54, 1.807) is 4.90 Å². The summed E-state index contributed by atoms with van der Waals surface area (Å²) in [5, 5.41) is 0. The average molecular weight is 226 g/mol. The van der Waals surface area contributed by atoms with Crippen molar-refractivity contribution in [3.63, 3.8) is 0 Å². The maximum atomic E-state index is 11.5. The Morgan fingerprint density at radius 3 is 3.00 bits per heavy atom. The summed E-state index contributed by atoms with van der Waals surface area (Å²) in [5.41, 5.74) is 1.94. The quantitative estimate of drug-likeness (QED) is 0.662. The average Bonchev–Trinajstić information content (AvgIpc) is 2.31. The summed E-state index contributed by atoms with van der Waals surface area (Å²) in [5.74, 6) is 0.117. The lowest BCUT2D eigenvalue weighted by molar-refractivity contribution is 0.0816. The lowest BCUT2D eigenvalue weighted by atomic mass is 10.1. The van der Waals surface area contributed by atoms with Crippen LogP contribution in [0.3, 0.4) is 0 Å². The van der Waals surface area contributed by atoms with Crippen LogP contribution in [0.2, 0.25) is 0 Å². The van der Waals surface area contributed by atoms with Gasteiger partial charge in [-0.15, -0.1) is 0 Å². The zero-order valence-corrected chi connectivity index (χ0v) is 8.26. The molecule has 1 aromatic carbocycles. The van der Waals surface area contributed by atoms with Gasteiger partial charge in [-0.3, -0.25) is 4.79 Å². The fourth-order valence-corrected chi connectivity index (χ4v) is 1.78. The summed E-state index contributed by atoms with van der Waals surface area (Å²) >= 11 is 3.34. The van der Waals surface area contributed by atoms with Crippen LogP contribution >= 0.6 is 15.9 Å². The summed E-state index contributed by atoms with van der Waals surface area (Å²) in [6.07, 6.45) is 0. The number of carbonyl (C=O) groups excluding carboxylic acids is 1. The van der Waals surface area contributed by atoms with E-state index in [0.717, 1.165) is 22.1 Å². The molecule has 0 atom stereocenters. The predicted octanol–water partition coefficient (Wildman–Crippen LogP) is 2.03. The summed E-state index contributed by atoms with van der Waals surface area (Å²) < 4.78 is 0.963. The van der Waals surface area contributed by atoms with Crippen molar-refractivity contribution in [2.24, 2.45) is 0 Å². The third-order valence-corrected chi connectivity index (χ3v) is 2.55. The molecule has 0 radical (unpaired) electrons. The van der Waals surface area contributed by atoms with Crippen molar-refractivity contribution in [3.05, 3.63) is 33.8 Å². The second-order valence-electron chi connectivity index (χ2n) is 2.96. The molecule has 0 fully saturated rings. The van der Waals surface area contributed by atoms with E-state index in [1.165, 1.54) is 0 Å². The maximum Gasteiger partial charge on any atom is 0.254 e. The second-order valence-corrected chi connectivity index (χ2v) is 3.88. The highest BCUT2D eigenvalue weighted by atomic mass is 79.9. The van der Waals surface area contributed by atoms with Gasteiger partial charge in [-0.2, -0.15) is 0 Å². The molecule has 1 heterocycles. The van der Waals surface area contributed by atoms with Crippen molar-refractivity contribution >= 4 is 21.8 Å². The largest absolute Gasteiger partial charge is 0.337 e. The SMILES string of the molecule is CN1Cc2ccc(Br)cc2C1=O. The number of hydrogen-bond donors (Lipinski definition) is 0. The van der Waals surface area contributed by atoms with E-state index in [-0.39, 0.29) is 5.91 Å². The molecule has 1 aliphatic rings. The minimum atomic E-state index is 0.117. The van der Waals surface area contributed by atoms with Crippen molar-refractivity contribution in [1.29, 1.82) is 0 Å². The van der Waals surface area contributed by atoms with E-state index >= 15 is 0 Å². The van der Waals surface area contributed by atoms with Gasteiger partial charge in [0.15, 0.2) is 0 Å². The number of hydrogen-bond acceptors (Lipinski definition) is 1. The van der Waals surface area contributed by atoms with Gasteiger partial charge < -0.3 is 4.90 Å². The smallest absolute Gasteiger partial charge is 0.254 e. The van der Waals surface area contributed by atoms with Crippen molar-refractivity contribution in [2.75, 3.05) is 7.05 Å². The Hall–Kier alpha value is -0.830. The van der Waals surface area contributed by atoms with Gasteiger partial charge in [0.05, 0.1) is 0 Å². The van der Waals surface area contributed by atoms with Gasteiger partial charge >= 0.3 is 0 Å². The molecule has 2 nitrogen and oxygen atoms in total. The van der Waals surface area contributed by atoms with Crippen LogP contribution in [0.25, 0.3) is 0 Å².